The van der Waals surface area contributed by atoms with Gasteiger partial charge in [0.1, 0.15) is 23.5 Å². The summed E-state index contributed by atoms with van der Waals surface area (Å²) < 4.78 is 39.1. The van der Waals surface area contributed by atoms with Crippen LogP contribution in [0.5, 0.6) is 46.3 Å². The lowest BCUT2D eigenvalue weighted by molar-refractivity contribution is 0.101. The molecule has 2 amide bonds. The predicted molar refractivity (Wildman–Crippen MR) is 289 cm³/mol. The van der Waals surface area contributed by atoms with Crippen LogP contribution in [0.15, 0.2) is 40.3 Å². The van der Waals surface area contributed by atoms with Crippen molar-refractivity contribution < 1.29 is 42.4 Å². The van der Waals surface area contributed by atoms with Crippen molar-refractivity contribution >= 4 is 46.4 Å². The third-order valence-corrected chi connectivity index (χ3v) is 13.6. The van der Waals surface area contributed by atoms with Gasteiger partial charge in [-0.2, -0.15) is 29.9 Å². The molecule has 0 radical (unpaired) electrons. The average molecular weight is 1050 g/mol. The Balaban J connectivity index is 0.000000219. The van der Waals surface area contributed by atoms with Crippen molar-refractivity contribution in [2.75, 3.05) is 82.4 Å². The zero-order chi connectivity index (χ0) is 54.0. The number of carbonyl (C=O) groups is 2. The van der Waals surface area contributed by atoms with E-state index in [9.17, 15) is 9.59 Å². The highest BCUT2D eigenvalue weighted by Crippen LogP contribution is 2.44. The van der Waals surface area contributed by atoms with Gasteiger partial charge in [0.15, 0.2) is 17.1 Å². The highest BCUT2D eigenvalue weighted by atomic mass is 32.1. The quantitative estimate of drug-likeness (QED) is 0.0347. The molecule has 0 aliphatic heterocycles. The number of aromatic nitrogens is 6. The van der Waals surface area contributed by atoms with E-state index < -0.39 is 11.8 Å². The standard InChI is InChI=1S/C27H36N6O5.C26H34N6O4S/c1-15(2)28-10-11-29-25-32-23(35-6)21(24(33-25)36-7)31-22(34)19-14-37-26(30-19)38-20-13-18-17(12-16(20)3)8-9-27(18,4)5;1-7-27-10-11-28-24-31-22(34-5)20(23(32-24)35-6)30-21(33)18-14-37-25(29-18)36-19-13-17-16(12-15(19)2)8-9-26(17,3)4/h12-15,28H,8-11H2,1-7H3,(H,31,34)(H,29,32,33);12-14,27H,7-11H2,1-6H3,(H,30,33)(H,28,31,32). The number of aryl methyl sites for hydroxylation is 4. The Bertz CT molecular complexity index is 2920. The van der Waals surface area contributed by atoms with Gasteiger partial charge in [0.05, 0.1) is 28.4 Å². The van der Waals surface area contributed by atoms with E-state index in [2.05, 4.69) is 122 Å². The van der Waals surface area contributed by atoms with Crippen molar-refractivity contribution in [3.8, 4) is 46.3 Å². The van der Waals surface area contributed by atoms with E-state index in [1.165, 1.54) is 68.3 Å². The summed E-state index contributed by atoms with van der Waals surface area (Å²) in [6.45, 7) is 22.7. The molecule has 0 fully saturated rings. The molecule has 4 aromatic heterocycles. The Morgan fingerprint density at radius 3 is 1.61 bits per heavy atom. The zero-order valence-electron chi connectivity index (χ0n) is 45.2. The SMILES string of the molecule is CCNCCNc1nc(OC)c(NC(=O)c2csc(Oc3cc4c(cc3C)CCC4(C)C)n2)c(OC)n1.COc1nc(NCCNC(C)C)nc(OC)c1NC(=O)c1coc(Oc2cc3c(cc2C)CCC3(C)C)n1. The molecular formula is C53H70N12O9S. The lowest BCUT2D eigenvalue weighted by atomic mass is 9.86. The van der Waals surface area contributed by atoms with Crippen molar-refractivity contribution in [2.45, 2.75) is 105 Å². The monoisotopic (exact) mass is 1050 g/mol. The molecule has 6 aromatic rings. The van der Waals surface area contributed by atoms with Gasteiger partial charge in [0, 0.05) is 37.6 Å². The fourth-order valence-electron chi connectivity index (χ4n) is 8.69. The zero-order valence-corrected chi connectivity index (χ0v) is 46.0. The number of thiazole rings is 1. The molecule has 0 saturated carbocycles. The molecule has 0 spiro atoms. The largest absolute Gasteiger partial charge is 0.479 e. The topological polar surface area (TPSA) is 252 Å². The molecule has 0 bridgehead atoms. The molecule has 2 aliphatic carbocycles. The maximum Gasteiger partial charge on any atom is 0.399 e. The van der Waals surface area contributed by atoms with Gasteiger partial charge >= 0.3 is 6.08 Å². The summed E-state index contributed by atoms with van der Waals surface area (Å²) in [6, 6.07) is 8.86. The first kappa shape index (κ1) is 55.5. The van der Waals surface area contributed by atoms with E-state index in [1.54, 1.807) is 5.38 Å². The van der Waals surface area contributed by atoms with Gasteiger partial charge in [-0.3, -0.25) is 9.59 Å². The van der Waals surface area contributed by atoms with Gasteiger partial charge in [-0.05, 0) is 102 Å². The minimum atomic E-state index is -0.558. The second kappa shape index (κ2) is 24.4. The number of nitrogens with zero attached hydrogens (tertiary/aromatic N) is 6. The Labute approximate surface area is 442 Å². The predicted octanol–water partition coefficient (Wildman–Crippen LogP) is 9.02. The van der Waals surface area contributed by atoms with Gasteiger partial charge < -0.3 is 64.7 Å². The number of oxazole rings is 1. The summed E-state index contributed by atoms with van der Waals surface area (Å²) in [6.07, 6.45) is 5.55. The highest BCUT2D eigenvalue weighted by molar-refractivity contribution is 7.11. The van der Waals surface area contributed by atoms with Crippen LogP contribution >= 0.6 is 11.3 Å². The van der Waals surface area contributed by atoms with E-state index >= 15 is 0 Å². The third kappa shape index (κ3) is 13.5. The molecule has 75 heavy (non-hydrogen) atoms. The van der Waals surface area contributed by atoms with Crippen LogP contribution in [-0.2, 0) is 23.7 Å². The summed E-state index contributed by atoms with van der Waals surface area (Å²) in [4.78, 5) is 52.0. The molecule has 0 atom stereocenters. The normalized spacial score (nSPS) is 13.7. The Hall–Kier alpha value is -7.30. The minimum absolute atomic E-state index is 0.0187. The second-order valence-electron chi connectivity index (χ2n) is 19.6. The van der Waals surface area contributed by atoms with Crippen LogP contribution in [0.1, 0.15) is 116 Å². The third-order valence-electron chi connectivity index (χ3n) is 12.9. The van der Waals surface area contributed by atoms with Crippen LogP contribution < -0.4 is 60.3 Å². The summed E-state index contributed by atoms with van der Waals surface area (Å²) >= 11 is 1.26. The van der Waals surface area contributed by atoms with E-state index in [-0.39, 0.29) is 63.2 Å². The molecule has 4 heterocycles. The fraction of sp³-hybridized carbons (Fsp3) is 0.472. The first-order chi connectivity index (χ1) is 35.9. The number of hydrogen-bond donors (Lipinski definition) is 6. The van der Waals surface area contributed by atoms with Crippen LogP contribution in [0.2, 0.25) is 0 Å². The minimum Gasteiger partial charge on any atom is -0.479 e. The Kier molecular flexibility index (Phi) is 18.0. The first-order valence-corrected chi connectivity index (χ1v) is 25.8. The average Bonchev–Trinajstić information content (AvgIpc) is 4.19. The number of fused-ring (bicyclic) bond motifs is 2. The van der Waals surface area contributed by atoms with Crippen molar-refractivity contribution in [3.05, 3.63) is 80.7 Å². The summed E-state index contributed by atoms with van der Waals surface area (Å²) in [5.41, 5.74) is 8.12. The molecular weight excluding hydrogens is 981 g/mol. The van der Waals surface area contributed by atoms with Crippen LogP contribution in [0.4, 0.5) is 23.3 Å². The van der Waals surface area contributed by atoms with Gasteiger partial charge in [-0.25, -0.2) is 0 Å². The molecule has 8 rings (SSSR count). The molecule has 402 valence electrons. The van der Waals surface area contributed by atoms with Crippen LogP contribution in [0.3, 0.4) is 0 Å². The van der Waals surface area contributed by atoms with E-state index in [4.69, 9.17) is 32.8 Å². The summed E-state index contributed by atoms with van der Waals surface area (Å²) in [5, 5.41) is 20.2. The number of anilines is 4. The maximum atomic E-state index is 13.0. The molecule has 6 N–H and O–H groups in total. The number of likely N-dealkylation sites (N-methyl/N-ethyl adjacent to an activating group) is 1. The van der Waals surface area contributed by atoms with Crippen molar-refractivity contribution in [1.29, 1.82) is 0 Å². The number of amides is 2. The number of rotatable bonds is 22. The van der Waals surface area contributed by atoms with Crippen LogP contribution in [-0.4, -0.2) is 109 Å². The summed E-state index contributed by atoms with van der Waals surface area (Å²) in [5.74, 6) is 1.67. The molecule has 22 heteroatoms. The van der Waals surface area contributed by atoms with Gasteiger partial charge in [0.2, 0.25) is 35.4 Å². The maximum absolute atomic E-state index is 13.0. The van der Waals surface area contributed by atoms with Crippen LogP contribution in [0, 0.1) is 13.8 Å². The van der Waals surface area contributed by atoms with Gasteiger partial charge in [-0.15, -0.1) is 0 Å². The highest BCUT2D eigenvalue weighted by Gasteiger charge is 2.33. The molecule has 21 nitrogen and oxygen atoms in total. The van der Waals surface area contributed by atoms with E-state index in [0.29, 0.717) is 42.0 Å². The molecule has 0 unspecified atom stereocenters. The van der Waals surface area contributed by atoms with Crippen molar-refractivity contribution in [2.24, 2.45) is 0 Å². The Morgan fingerprint density at radius 1 is 0.653 bits per heavy atom. The molecule has 0 saturated heterocycles. The lowest BCUT2D eigenvalue weighted by Crippen LogP contribution is -2.28. The Morgan fingerprint density at radius 2 is 1.13 bits per heavy atom. The number of hydrogen-bond acceptors (Lipinski definition) is 20. The number of benzene rings is 2. The summed E-state index contributed by atoms with van der Waals surface area (Å²) in [7, 11) is 5.83. The van der Waals surface area contributed by atoms with Crippen LogP contribution in [0.25, 0.3) is 0 Å². The number of methoxy groups -OCH3 is 4. The molecule has 2 aromatic carbocycles. The van der Waals surface area contributed by atoms with Crippen molar-refractivity contribution in [1.82, 2.24) is 40.5 Å². The fourth-order valence-corrected chi connectivity index (χ4v) is 9.35. The number of carbonyl (C=O) groups excluding carboxylic acids is 2. The number of ether oxygens (including phenoxy) is 6. The first-order valence-electron chi connectivity index (χ1n) is 25.0. The number of nitrogens with one attached hydrogen (secondary N) is 6. The molecule has 2 aliphatic rings. The smallest absolute Gasteiger partial charge is 0.399 e. The van der Waals surface area contributed by atoms with E-state index in [1.807, 2.05) is 26.8 Å². The van der Waals surface area contributed by atoms with Gasteiger partial charge in [-0.1, -0.05) is 71.9 Å². The van der Waals surface area contributed by atoms with Gasteiger partial charge in [0.25, 0.3) is 17.0 Å². The van der Waals surface area contributed by atoms with E-state index in [0.717, 1.165) is 62.2 Å². The van der Waals surface area contributed by atoms with Crippen molar-refractivity contribution in [3.63, 3.8) is 0 Å². The lowest BCUT2D eigenvalue weighted by Gasteiger charge is -2.20. The second-order valence-corrected chi connectivity index (χ2v) is 20.4.